The number of benzene rings is 2. The van der Waals surface area contributed by atoms with Crippen molar-refractivity contribution in [2.45, 2.75) is 32.1 Å². The highest BCUT2D eigenvalue weighted by atomic mass is 35.5. The minimum absolute atomic E-state index is 0.191. The predicted molar refractivity (Wildman–Crippen MR) is 84.3 cm³/mol. The molecular weight excluding hydrogens is 275 g/mol. The van der Waals surface area contributed by atoms with Crippen molar-refractivity contribution in [1.82, 2.24) is 0 Å². The lowest BCUT2D eigenvalue weighted by Gasteiger charge is -2.13. The van der Waals surface area contributed by atoms with Crippen LogP contribution in [-0.4, -0.2) is 0 Å². The highest BCUT2D eigenvalue weighted by Crippen LogP contribution is 2.34. The van der Waals surface area contributed by atoms with Crippen molar-refractivity contribution < 1.29 is 0 Å². The van der Waals surface area contributed by atoms with E-state index < -0.39 is 0 Å². The first-order chi connectivity index (χ1) is 9.11. The van der Waals surface area contributed by atoms with Gasteiger partial charge >= 0.3 is 0 Å². The summed E-state index contributed by atoms with van der Waals surface area (Å²) in [7, 11) is 0. The van der Waals surface area contributed by atoms with E-state index in [1.807, 2.05) is 25.1 Å². The first-order valence-electron chi connectivity index (χ1n) is 6.60. The van der Waals surface area contributed by atoms with Gasteiger partial charge in [0.2, 0.25) is 0 Å². The Labute approximate surface area is 125 Å². The van der Waals surface area contributed by atoms with E-state index in [1.165, 1.54) is 5.56 Å². The Kier molecular flexibility index (Phi) is 4.90. The molecule has 2 aromatic carbocycles. The van der Waals surface area contributed by atoms with Crippen LogP contribution in [0.15, 0.2) is 42.5 Å². The number of rotatable bonds is 4. The summed E-state index contributed by atoms with van der Waals surface area (Å²) in [5, 5.41) is 0.543. The van der Waals surface area contributed by atoms with Crippen molar-refractivity contribution in [1.29, 1.82) is 0 Å². The van der Waals surface area contributed by atoms with Crippen LogP contribution < -0.4 is 0 Å². The summed E-state index contributed by atoms with van der Waals surface area (Å²) in [4.78, 5) is 0. The Hall–Kier alpha value is -0.980. The molecule has 0 aliphatic heterocycles. The lowest BCUT2D eigenvalue weighted by molar-refractivity contribution is 0.920. The molecule has 1 unspecified atom stereocenters. The largest absolute Gasteiger partial charge is 0.113 e. The van der Waals surface area contributed by atoms with E-state index in [2.05, 4.69) is 31.2 Å². The van der Waals surface area contributed by atoms with Crippen LogP contribution in [0.5, 0.6) is 0 Å². The van der Waals surface area contributed by atoms with Crippen LogP contribution in [0.2, 0.25) is 5.02 Å². The van der Waals surface area contributed by atoms with Gasteiger partial charge in [-0.1, -0.05) is 61.3 Å². The maximum atomic E-state index is 6.53. The van der Waals surface area contributed by atoms with Gasteiger partial charge in [0.25, 0.3) is 0 Å². The average molecular weight is 293 g/mol. The van der Waals surface area contributed by atoms with E-state index in [4.69, 9.17) is 23.2 Å². The molecule has 0 nitrogen and oxygen atoms in total. The molecule has 0 aromatic heterocycles. The molecule has 2 rings (SSSR count). The summed E-state index contributed by atoms with van der Waals surface area (Å²) in [6, 6.07) is 14.5. The topological polar surface area (TPSA) is 0 Å². The molecule has 2 heteroatoms. The normalized spacial score (nSPS) is 12.4. The molecule has 0 aliphatic rings. The third kappa shape index (κ3) is 3.52. The Morgan fingerprint density at radius 1 is 1.05 bits per heavy atom. The van der Waals surface area contributed by atoms with Gasteiger partial charge in [-0.05, 0) is 41.7 Å². The van der Waals surface area contributed by atoms with Crippen LogP contribution in [0.3, 0.4) is 0 Å². The zero-order valence-electron chi connectivity index (χ0n) is 11.3. The minimum atomic E-state index is -0.191. The van der Waals surface area contributed by atoms with Gasteiger partial charge in [-0.15, -0.1) is 11.6 Å². The molecular formula is C17H18Cl2. The molecule has 0 amide bonds. The smallest absolute Gasteiger partial charge is 0.0849 e. The predicted octanol–water partition coefficient (Wildman–Crippen LogP) is 5.93. The van der Waals surface area contributed by atoms with Gasteiger partial charge in [0.05, 0.1) is 5.38 Å². The van der Waals surface area contributed by atoms with Crippen LogP contribution in [0.1, 0.15) is 41.0 Å². The van der Waals surface area contributed by atoms with Crippen LogP contribution >= 0.6 is 23.2 Å². The fraction of sp³-hybridized carbons (Fsp3) is 0.294. The number of aryl methyl sites for hydroxylation is 2. The van der Waals surface area contributed by atoms with Gasteiger partial charge in [0.15, 0.2) is 0 Å². The van der Waals surface area contributed by atoms with Gasteiger partial charge in [-0.25, -0.2) is 0 Å². The minimum Gasteiger partial charge on any atom is -0.113 e. The van der Waals surface area contributed by atoms with Crippen LogP contribution in [0, 0.1) is 6.92 Å². The fourth-order valence-corrected chi connectivity index (χ4v) is 2.90. The Balaban J connectivity index is 2.25. The molecule has 0 N–H and O–H groups in total. The van der Waals surface area contributed by atoms with Crippen LogP contribution in [0.25, 0.3) is 0 Å². The second-order valence-corrected chi connectivity index (χ2v) is 5.72. The summed E-state index contributed by atoms with van der Waals surface area (Å²) in [6.45, 7) is 4.21. The summed E-state index contributed by atoms with van der Waals surface area (Å²) in [6.07, 6.45) is 2.27. The molecule has 2 aromatic rings. The standard InChI is InChI=1S/C17H18Cl2/c1-3-4-13-6-8-14(9-7-13)17(19)15-10-5-12(2)11-16(15)18/h5-11,17H,3-4H2,1-2H3. The summed E-state index contributed by atoms with van der Waals surface area (Å²) < 4.78 is 0. The van der Waals surface area contributed by atoms with E-state index in [-0.39, 0.29) is 5.38 Å². The Bertz CT molecular complexity index is 544. The monoisotopic (exact) mass is 292 g/mol. The molecule has 0 radical (unpaired) electrons. The van der Waals surface area contributed by atoms with Crippen molar-refractivity contribution in [3.05, 3.63) is 69.7 Å². The molecule has 100 valence electrons. The Morgan fingerprint density at radius 3 is 2.32 bits per heavy atom. The number of halogens is 2. The van der Waals surface area contributed by atoms with Gasteiger partial charge in [0.1, 0.15) is 0 Å². The van der Waals surface area contributed by atoms with Crippen LogP contribution in [0.4, 0.5) is 0 Å². The quantitative estimate of drug-likeness (QED) is 0.613. The molecule has 1 atom stereocenters. The van der Waals surface area contributed by atoms with Crippen molar-refractivity contribution >= 4 is 23.2 Å². The first-order valence-corrected chi connectivity index (χ1v) is 7.42. The van der Waals surface area contributed by atoms with E-state index in [0.717, 1.165) is 34.6 Å². The third-order valence-electron chi connectivity index (χ3n) is 3.24. The lowest BCUT2D eigenvalue weighted by atomic mass is 10.0. The van der Waals surface area contributed by atoms with Crippen LogP contribution in [-0.2, 0) is 6.42 Å². The zero-order chi connectivity index (χ0) is 13.8. The van der Waals surface area contributed by atoms with Crippen molar-refractivity contribution in [2.24, 2.45) is 0 Å². The molecule has 0 saturated heterocycles. The summed E-state index contributed by atoms with van der Waals surface area (Å²) in [5.41, 5.74) is 4.56. The fourth-order valence-electron chi connectivity index (χ4n) is 2.16. The second kappa shape index (κ2) is 6.45. The van der Waals surface area contributed by atoms with Crippen molar-refractivity contribution in [3.8, 4) is 0 Å². The lowest BCUT2D eigenvalue weighted by Crippen LogP contribution is -1.95. The molecule has 0 spiro atoms. The summed E-state index contributed by atoms with van der Waals surface area (Å²) in [5.74, 6) is 0. The zero-order valence-corrected chi connectivity index (χ0v) is 12.8. The highest BCUT2D eigenvalue weighted by molar-refractivity contribution is 6.33. The molecule has 0 fully saturated rings. The van der Waals surface area contributed by atoms with E-state index >= 15 is 0 Å². The molecule has 0 bridgehead atoms. The Morgan fingerprint density at radius 2 is 1.74 bits per heavy atom. The average Bonchev–Trinajstić information content (AvgIpc) is 2.39. The van der Waals surface area contributed by atoms with Gasteiger partial charge in [-0.3, -0.25) is 0 Å². The van der Waals surface area contributed by atoms with E-state index in [1.54, 1.807) is 0 Å². The van der Waals surface area contributed by atoms with Crippen molar-refractivity contribution in [3.63, 3.8) is 0 Å². The van der Waals surface area contributed by atoms with E-state index in [0.29, 0.717) is 0 Å². The maximum absolute atomic E-state index is 6.53. The van der Waals surface area contributed by atoms with Gasteiger partial charge < -0.3 is 0 Å². The molecule has 0 saturated carbocycles. The number of hydrogen-bond acceptors (Lipinski definition) is 0. The SMILES string of the molecule is CCCc1ccc(C(Cl)c2ccc(C)cc2Cl)cc1. The number of hydrogen-bond donors (Lipinski definition) is 0. The molecule has 0 aliphatic carbocycles. The van der Waals surface area contributed by atoms with Gasteiger partial charge in [0, 0.05) is 5.02 Å². The molecule has 0 heterocycles. The highest BCUT2D eigenvalue weighted by Gasteiger charge is 2.14. The second-order valence-electron chi connectivity index (χ2n) is 4.88. The molecule has 19 heavy (non-hydrogen) atoms. The third-order valence-corrected chi connectivity index (χ3v) is 4.05. The first kappa shape index (κ1) is 14.4. The summed E-state index contributed by atoms with van der Waals surface area (Å²) >= 11 is 12.8. The number of alkyl halides is 1. The maximum Gasteiger partial charge on any atom is 0.0849 e. The van der Waals surface area contributed by atoms with Crippen molar-refractivity contribution in [2.75, 3.05) is 0 Å². The van der Waals surface area contributed by atoms with Gasteiger partial charge in [-0.2, -0.15) is 0 Å². The van der Waals surface area contributed by atoms with E-state index in [9.17, 15) is 0 Å².